The van der Waals surface area contributed by atoms with Crippen molar-refractivity contribution >= 4 is 50.2 Å². The minimum absolute atomic E-state index is 0.000896. The number of benzene rings is 1. The first kappa shape index (κ1) is 39.6. The fraction of sp³-hybridized carbons (Fsp3) is 0.625. The molecule has 7 atom stereocenters. The van der Waals surface area contributed by atoms with Gasteiger partial charge in [0.1, 0.15) is 30.3 Å². The van der Waals surface area contributed by atoms with Gasteiger partial charge in [-0.2, -0.15) is 0 Å². The number of hydrogen-bond donors (Lipinski definition) is 4. The van der Waals surface area contributed by atoms with Crippen molar-refractivity contribution < 1.29 is 37.1 Å². The van der Waals surface area contributed by atoms with Gasteiger partial charge in [0, 0.05) is 41.9 Å². The van der Waals surface area contributed by atoms with Crippen molar-refractivity contribution in [2.75, 3.05) is 31.6 Å². The van der Waals surface area contributed by atoms with Gasteiger partial charge in [0.15, 0.2) is 5.75 Å². The van der Waals surface area contributed by atoms with E-state index in [-0.39, 0.29) is 31.2 Å². The Morgan fingerprint density at radius 2 is 1.84 bits per heavy atom. The standard InChI is InChI=1S/C40H55N7O8S/c1-23-9-7-8-10-25-21-40(25,37(50)45-56(52,53)27-11-12-27)43-34(48)31-20-26(22-47(31)36(49)32(24(2)19-23)42-38(51)44-39(3,4)5)55-35-29-13-14-30-33(28(29)15-16-41-35)54-18-17-46(30)6/h8,10,13-16,23-27,31-32H,7,9,11-12,17-22H2,1-6H3,(H,43,48)(H,45,50)(H2,42,44,51)/t23-,24+,25+,26+,31-,32-,40+/m0/s1. The summed E-state index contributed by atoms with van der Waals surface area (Å²) in [6, 6.07) is 3.15. The van der Waals surface area contributed by atoms with Crippen LogP contribution < -0.4 is 35.0 Å². The molecule has 0 spiro atoms. The van der Waals surface area contributed by atoms with Crippen LogP contribution in [0.25, 0.3) is 10.8 Å². The number of sulfonamides is 1. The van der Waals surface area contributed by atoms with Crippen LogP contribution >= 0.6 is 0 Å². The molecule has 1 aromatic heterocycles. The van der Waals surface area contributed by atoms with E-state index in [1.165, 1.54) is 4.90 Å². The Balaban J connectivity index is 1.22. The van der Waals surface area contributed by atoms with Gasteiger partial charge in [-0.05, 0) is 89.3 Å². The number of rotatable bonds is 6. The number of carbonyl (C=O) groups excluding carboxylic acids is 4. The maximum atomic E-state index is 14.8. The molecule has 0 unspecified atom stereocenters. The fourth-order valence-corrected chi connectivity index (χ4v) is 9.68. The van der Waals surface area contributed by atoms with Crippen molar-refractivity contribution in [3.05, 3.63) is 36.5 Å². The van der Waals surface area contributed by atoms with Crippen LogP contribution in [0.1, 0.15) is 79.6 Å². The number of likely N-dealkylation sites (N-methyl/N-ethyl adjacent to an activating group) is 1. The number of pyridine rings is 1. The van der Waals surface area contributed by atoms with Gasteiger partial charge in [0.05, 0.1) is 24.0 Å². The molecule has 16 heteroatoms. The summed E-state index contributed by atoms with van der Waals surface area (Å²) in [6.45, 7) is 10.9. The molecule has 2 saturated carbocycles. The first-order valence-corrected chi connectivity index (χ1v) is 21.4. The van der Waals surface area contributed by atoms with Crippen molar-refractivity contribution in [1.29, 1.82) is 0 Å². The number of ether oxygens (including phenoxy) is 2. The van der Waals surface area contributed by atoms with E-state index < -0.39 is 74.2 Å². The summed E-state index contributed by atoms with van der Waals surface area (Å²) in [5.41, 5.74) is -1.13. The highest BCUT2D eigenvalue weighted by Gasteiger charge is 2.62. The molecule has 56 heavy (non-hydrogen) atoms. The van der Waals surface area contributed by atoms with Gasteiger partial charge in [-0.1, -0.05) is 26.0 Å². The molecule has 304 valence electrons. The molecule has 5 aliphatic rings. The summed E-state index contributed by atoms with van der Waals surface area (Å²) in [5, 5.41) is 9.65. The molecule has 3 aliphatic heterocycles. The number of allylic oxidation sites excluding steroid dienone is 1. The topological polar surface area (TPSA) is 188 Å². The minimum Gasteiger partial charge on any atom is -0.489 e. The number of aromatic nitrogens is 1. The van der Waals surface area contributed by atoms with Crippen LogP contribution in [0.2, 0.25) is 0 Å². The number of hydrogen-bond acceptors (Lipinski definition) is 10. The SMILES string of the molecule is C[C@H]1CCC=C[C@@H]2C[C@@]2(C(=O)NS(=O)(=O)C2CC2)NC(=O)[C@@H]2C[C@@H](Oc3nccc4c5c(ccc34)N(C)CCO5)CN2C(=O)[C@@H](NC(=O)NC(C)(C)C)[C@H](C)C1. The van der Waals surface area contributed by atoms with E-state index in [2.05, 4.69) is 37.5 Å². The lowest BCUT2D eigenvalue weighted by Crippen LogP contribution is -2.60. The van der Waals surface area contributed by atoms with Crippen LogP contribution in [0.5, 0.6) is 11.6 Å². The molecule has 1 aromatic carbocycles. The second-order valence-electron chi connectivity index (χ2n) is 17.5. The molecular formula is C40H55N7O8S. The quantitative estimate of drug-likeness (QED) is 0.316. The Labute approximate surface area is 328 Å². The Bertz CT molecular complexity index is 2030. The van der Waals surface area contributed by atoms with E-state index >= 15 is 0 Å². The maximum Gasteiger partial charge on any atom is 0.315 e. The van der Waals surface area contributed by atoms with Gasteiger partial charge in [0.25, 0.3) is 5.91 Å². The molecule has 4 N–H and O–H groups in total. The highest BCUT2D eigenvalue weighted by Crippen LogP contribution is 2.46. The summed E-state index contributed by atoms with van der Waals surface area (Å²) < 4.78 is 40.7. The molecular weight excluding hydrogens is 739 g/mol. The lowest BCUT2D eigenvalue weighted by Gasteiger charge is -2.33. The summed E-state index contributed by atoms with van der Waals surface area (Å²) in [7, 11) is -1.89. The molecule has 15 nitrogen and oxygen atoms in total. The monoisotopic (exact) mass is 793 g/mol. The molecule has 2 aromatic rings. The fourth-order valence-electron chi connectivity index (χ4n) is 8.31. The molecule has 4 heterocycles. The lowest BCUT2D eigenvalue weighted by molar-refractivity contribution is -0.142. The van der Waals surface area contributed by atoms with Crippen molar-refractivity contribution in [2.24, 2.45) is 17.8 Å². The zero-order valence-electron chi connectivity index (χ0n) is 33.1. The lowest BCUT2D eigenvalue weighted by atomic mass is 9.88. The number of anilines is 1. The number of nitrogens with zero attached hydrogens (tertiary/aromatic N) is 3. The maximum absolute atomic E-state index is 14.8. The molecule has 1 saturated heterocycles. The first-order chi connectivity index (χ1) is 26.5. The predicted octanol–water partition coefficient (Wildman–Crippen LogP) is 3.37. The summed E-state index contributed by atoms with van der Waals surface area (Å²) in [5.74, 6) is -1.35. The molecule has 0 bridgehead atoms. The van der Waals surface area contributed by atoms with Crippen LogP contribution in [0.15, 0.2) is 36.5 Å². The molecule has 3 fully saturated rings. The average molecular weight is 794 g/mol. The van der Waals surface area contributed by atoms with Crippen molar-refractivity contribution in [3.8, 4) is 11.6 Å². The van der Waals surface area contributed by atoms with Gasteiger partial charge < -0.3 is 35.2 Å². The van der Waals surface area contributed by atoms with Gasteiger partial charge >= 0.3 is 6.03 Å². The van der Waals surface area contributed by atoms with Gasteiger partial charge in [-0.15, -0.1) is 0 Å². The number of carbonyl (C=O) groups is 4. The van der Waals surface area contributed by atoms with Crippen LogP contribution in [0.3, 0.4) is 0 Å². The predicted molar refractivity (Wildman–Crippen MR) is 211 cm³/mol. The van der Waals surface area contributed by atoms with E-state index in [1.54, 1.807) is 6.20 Å². The van der Waals surface area contributed by atoms with E-state index in [0.717, 1.165) is 29.8 Å². The molecule has 0 radical (unpaired) electrons. The Hall–Kier alpha value is -4.60. The van der Waals surface area contributed by atoms with Crippen LogP contribution in [0.4, 0.5) is 10.5 Å². The molecule has 2 aliphatic carbocycles. The van der Waals surface area contributed by atoms with E-state index in [9.17, 15) is 27.6 Å². The smallest absolute Gasteiger partial charge is 0.315 e. The summed E-state index contributed by atoms with van der Waals surface area (Å²) >= 11 is 0. The number of nitrogens with one attached hydrogen (secondary N) is 4. The first-order valence-electron chi connectivity index (χ1n) is 19.8. The second kappa shape index (κ2) is 15.1. The third-order valence-corrected chi connectivity index (χ3v) is 13.4. The van der Waals surface area contributed by atoms with Gasteiger partial charge in [-0.3, -0.25) is 19.1 Å². The average Bonchev–Trinajstić information content (AvgIpc) is 4.05. The third-order valence-electron chi connectivity index (χ3n) is 11.6. The van der Waals surface area contributed by atoms with Crippen LogP contribution in [-0.4, -0.2) is 103 Å². The van der Waals surface area contributed by atoms with Crippen LogP contribution in [0, 0.1) is 17.8 Å². The van der Waals surface area contributed by atoms with Crippen molar-refractivity contribution in [2.45, 2.75) is 114 Å². The van der Waals surface area contributed by atoms with Crippen molar-refractivity contribution in [1.82, 2.24) is 30.6 Å². The summed E-state index contributed by atoms with van der Waals surface area (Å²) in [6.07, 6.45) is 8.13. The zero-order chi connectivity index (χ0) is 40.2. The van der Waals surface area contributed by atoms with E-state index in [0.29, 0.717) is 43.6 Å². The van der Waals surface area contributed by atoms with E-state index in [1.807, 2.05) is 65.1 Å². The molecule has 5 amide bonds. The Kier molecular flexibility index (Phi) is 10.7. The second-order valence-corrected chi connectivity index (χ2v) is 19.4. The third kappa shape index (κ3) is 8.25. The van der Waals surface area contributed by atoms with E-state index in [4.69, 9.17) is 9.47 Å². The Morgan fingerprint density at radius 3 is 2.57 bits per heavy atom. The van der Waals surface area contributed by atoms with Crippen molar-refractivity contribution in [3.63, 3.8) is 0 Å². The summed E-state index contributed by atoms with van der Waals surface area (Å²) in [4.78, 5) is 64.7. The highest BCUT2D eigenvalue weighted by atomic mass is 32.2. The largest absolute Gasteiger partial charge is 0.489 e. The zero-order valence-corrected chi connectivity index (χ0v) is 33.9. The highest BCUT2D eigenvalue weighted by molar-refractivity contribution is 7.91. The Morgan fingerprint density at radius 1 is 1.07 bits per heavy atom. The number of fused-ring (bicyclic) bond motifs is 5. The molecule has 7 rings (SSSR count). The van der Waals surface area contributed by atoms with Gasteiger partial charge in [-0.25, -0.2) is 18.2 Å². The number of urea groups is 1. The minimum atomic E-state index is -3.90. The van der Waals surface area contributed by atoms with Gasteiger partial charge in [0.2, 0.25) is 27.7 Å². The number of amides is 5. The normalized spacial score (nSPS) is 29.8. The van der Waals surface area contributed by atoms with Crippen LogP contribution in [-0.2, 0) is 24.4 Å².